The summed E-state index contributed by atoms with van der Waals surface area (Å²) in [7, 11) is 0. The molecule has 3 rings (SSSR count). The predicted octanol–water partition coefficient (Wildman–Crippen LogP) is 3.90. The standard InChI is InChI=1S/C15H21N/c1-10-4-3-5-14(11(10)2)16-15-9-12-6-7-13(15)8-12/h3-5,12-13,15-16H,6-9H2,1-2H3. The van der Waals surface area contributed by atoms with Gasteiger partial charge in [0.05, 0.1) is 0 Å². The van der Waals surface area contributed by atoms with Crippen LogP contribution in [0.4, 0.5) is 5.69 Å². The summed E-state index contributed by atoms with van der Waals surface area (Å²) < 4.78 is 0. The summed E-state index contributed by atoms with van der Waals surface area (Å²) in [6, 6.07) is 7.34. The number of hydrogen-bond acceptors (Lipinski definition) is 1. The van der Waals surface area contributed by atoms with Crippen LogP contribution in [0.5, 0.6) is 0 Å². The first-order valence-corrected chi connectivity index (χ1v) is 6.57. The van der Waals surface area contributed by atoms with Gasteiger partial charge in [0, 0.05) is 11.7 Å². The Labute approximate surface area is 98.3 Å². The Kier molecular flexibility index (Phi) is 2.42. The van der Waals surface area contributed by atoms with Crippen LogP contribution in [-0.2, 0) is 0 Å². The Morgan fingerprint density at radius 2 is 2.00 bits per heavy atom. The van der Waals surface area contributed by atoms with Crippen molar-refractivity contribution < 1.29 is 0 Å². The van der Waals surface area contributed by atoms with Gasteiger partial charge in [-0.2, -0.15) is 0 Å². The highest BCUT2D eigenvalue weighted by molar-refractivity contribution is 5.54. The maximum absolute atomic E-state index is 3.78. The Morgan fingerprint density at radius 3 is 2.69 bits per heavy atom. The molecule has 0 heterocycles. The molecule has 2 aliphatic carbocycles. The van der Waals surface area contributed by atoms with Crippen LogP contribution >= 0.6 is 0 Å². The van der Waals surface area contributed by atoms with Crippen LogP contribution in [0.3, 0.4) is 0 Å². The average molecular weight is 215 g/mol. The molecule has 0 aliphatic heterocycles. The summed E-state index contributed by atoms with van der Waals surface area (Å²) in [6.07, 6.45) is 5.81. The van der Waals surface area contributed by atoms with Crippen molar-refractivity contribution in [1.29, 1.82) is 0 Å². The Morgan fingerprint density at radius 1 is 1.12 bits per heavy atom. The van der Waals surface area contributed by atoms with Crippen molar-refractivity contribution in [2.24, 2.45) is 11.8 Å². The Bertz CT molecular complexity index is 396. The molecular formula is C15H21N. The van der Waals surface area contributed by atoms with Gasteiger partial charge in [0.15, 0.2) is 0 Å². The fourth-order valence-corrected chi connectivity index (χ4v) is 3.53. The van der Waals surface area contributed by atoms with Gasteiger partial charge in [-0.05, 0) is 62.1 Å². The lowest BCUT2D eigenvalue weighted by Gasteiger charge is -2.25. The molecule has 2 saturated carbocycles. The van der Waals surface area contributed by atoms with Gasteiger partial charge in [0.2, 0.25) is 0 Å². The van der Waals surface area contributed by atoms with Crippen molar-refractivity contribution in [3.63, 3.8) is 0 Å². The molecule has 1 N–H and O–H groups in total. The maximum atomic E-state index is 3.78. The molecular weight excluding hydrogens is 194 g/mol. The Hall–Kier alpha value is -0.980. The van der Waals surface area contributed by atoms with E-state index < -0.39 is 0 Å². The average Bonchev–Trinajstić information content (AvgIpc) is 2.86. The molecule has 1 aromatic rings. The monoisotopic (exact) mass is 215 g/mol. The van der Waals surface area contributed by atoms with Gasteiger partial charge in [0.25, 0.3) is 0 Å². The number of benzene rings is 1. The summed E-state index contributed by atoms with van der Waals surface area (Å²) in [5, 5.41) is 3.78. The van der Waals surface area contributed by atoms with E-state index in [1.165, 1.54) is 42.5 Å². The number of fused-ring (bicyclic) bond motifs is 2. The van der Waals surface area contributed by atoms with E-state index in [1.54, 1.807) is 0 Å². The minimum Gasteiger partial charge on any atom is -0.382 e. The summed E-state index contributed by atoms with van der Waals surface area (Å²) in [6.45, 7) is 4.42. The van der Waals surface area contributed by atoms with E-state index in [4.69, 9.17) is 0 Å². The molecule has 1 nitrogen and oxygen atoms in total. The molecule has 0 aromatic heterocycles. The molecule has 3 unspecified atom stereocenters. The van der Waals surface area contributed by atoms with E-state index in [1.807, 2.05) is 0 Å². The van der Waals surface area contributed by atoms with Crippen molar-refractivity contribution in [3.8, 4) is 0 Å². The second-order valence-corrected chi connectivity index (χ2v) is 5.67. The first-order valence-electron chi connectivity index (χ1n) is 6.57. The van der Waals surface area contributed by atoms with Crippen molar-refractivity contribution in [2.75, 3.05) is 5.32 Å². The van der Waals surface area contributed by atoms with Gasteiger partial charge >= 0.3 is 0 Å². The summed E-state index contributed by atoms with van der Waals surface area (Å²) in [4.78, 5) is 0. The highest BCUT2D eigenvalue weighted by Gasteiger charge is 2.39. The third kappa shape index (κ3) is 1.63. The third-order valence-corrected chi connectivity index (χ3v) is 4.68. The molecule has 1 aromatic carbocycles. The van der Waals surface area contributed by atoms with Crippen molar-refractivity contribution >= 4 is 5.69 Å². The van der Waals surface area contributed by atoms with Crippen molar-refractivity contribution in [3.05, 3.63) is 29.3 Å². The van der Waals surface area contributed by atoms with Gasteiger partial charge in [-0.3, -0.25) is 0 Å². The van der Waals surface area contributed by atoms with Crippen LogP contribution < -0.4 is 5.32 Å². The molecule has 0 spiro atoms. The molecule has 86 valence electrons. The van der Waals surface area contributed by atoms with Crippen LogP contribution in [0.15, 0.2) is 18.2 Å². The van der Waals surface area contributed by atoms with Gasteiger partial charge < -0.3 is 5.32 Å². The van der Waals surface area contributed by atoms with Crippen LogP contribution in [0.2, 0.25) is 0 Å². The highest BCUT2D eigenvalue weighted by atomic mass is 14.9. The molecule has 0 saturated heterocycles. The maximum Gasteiger partial charge on any atom is 0.0374 e. The summed E-state index contributed by atoms with van der Waals surface area (Å²) >= 11 is 0. The van der Waals surface area contributed by atoms with Crippen LogP contribution in [-0.4, -0.2) is 6.04 Å². The fraction of sp³-hybridized carbons (Fsp3) is 0.600. The minimum absolute atomic E-state index is 0.749. The van der Waals surface area contributed by atoms with Crippen LogP contribution in [0.25, 0.3) is 0 Å². The predicted molar refractivity (Wildman–Crippen MR) is 68.8 cm³/mol. The molecule has 2 fully saturated rings. The van der Waals surface area contributed by atoms with Crippen LogP contribution in [0.1, 0.15) is 36.8 Å². The minimum atomic E-state index is 0.749. The second kappa shape index (κ2) is 3.80. The number of nitrogens with one attached hydrogen (secondary N) is 1. The van der Waals surface area contributed by atoms with E-state index in [2.05, 4.69) is 37.4 Å². The van der Waals surface area contributed by atoms with Crippen molar-refractivity contribution in [2.45, 2.75) is 45.6 Å². The second-order valence-electron chi connectivity index (χ2n) is 5.67. The number of rotatable bonds is 2. The lowest BCUT2D eigenvalue weighted by molar-refractivity contribution is 0.439. The van der Waals surface area contributed by atoms with E-state index in [0.717, 1.165) is 17.9 Å². The van der Waals surface area contributed by atoms with Gasteiger partial charge in [0.1, 0.15) is 0 Å². The van der Waals surface area contributed by atoms with E-state index >= 15 is 0 Å². The van der Waals surface area contributed by atoms with E-state index in [9.17, 15) is 0 Å². The summed E-state index contributed by atoms with van der Waals surface area (Å²) in [5.41, 5.74) is 4.18. The zero-order chi connectivity index (χ0) is 11.1. The number of aryl methyl sites for hydroxylation is 1. The lowest BCUT2D eigenvalue weighted by Crippen LogP contribution is -2.26. The largest absolute Gasteiger partial charge is 0.382 e. The molecule has 1 heteroatoms. The molecule has 0 radical (unpaired) electrons. The van der Waals surface area contributed by atoms with E-state index in [-0.39, 0.29) is 0 Å². The zero-order valence-corrected chi connectivity index (χ0v) is 10.3. The van der Waals surface area contributed by atoms with Crippen LogP contribution in [0, 0.1) is 25.7 Å². The highest BCUT2D eigenvalue weighted by Crippen LogP contribution is 2.45. The van der Waals surface area contributed by atoms with Gasteiger partial charge in [-0.1, -0.05) is 18.6 Å². The molecule has 0 amide bonds. The molecule has 2 aliphatic rings. The normalized spacial score (nSPS) is 32.0. The van der Waals surface area contributed by atoms with Gasteiger partial charge in [-0.25, -0.2) is 0 Å². The SMILES string of the molecule is Cc1cccc(NC2CC3CCC2C3)c1C. The molecule has 2 bridgehead atoms. The van der Waals surface area contributed by atoms with Crippen molar-refractivity contribution in [1.82, 2.24) is 0 Å². The third-order valence-electron chi connectivity index (χ3n) is 4.68. The van der Waals surface area contributed by atoms with E-state index in [0.29, 0.717) is 0 Å². The Balaban J connectivity index is 1.77. The number of anilines is 1. The first kappa shape index (κ1) is 10.2. The summed E-state index contributed by atoms with van der Waals surface area (Å²) in [5.74, 6) is 1.97. The smallest absolute Gasteiger partial charge is 0.0374 e. The quantitative estimate of drug-likeness (QED) is 0.789. The van der Waals surface area contributed by atoms with Gasteiger partial charge in [-0.15, -0.1) is 0 Å². The topological polar surface area (TPSA) is 12.0 Å². The molecule has 3 atom stereocenters. The first-order chi connectivity index (χ1) is 7.74. The lowest BCUT2D eigenvalue weighted by atomic mass is 9.94. The molecule has 16 heavy (non-hydrogen) atoms. The number of hydrogen-bond donors (Lipinski definition) is 1. The zero-order valence-electron chi connectivity index (χ0n) is 10.3. The fourth-order valence-electron chi connectivity index (χ4n) is 3.53.